The Hall–Kier alpha value is -2.34. The summed E-state index contributed by atoms with van der Waals surface area (Å²) in [6, 6.07) is 8.51. The van der Waals surface area contributed by atoms with E-state index in [1.165, 1.54) is 12.3 Å². The summed E-state index contributed by atoms with van der Waals surface area (Å²) >= 11 is 5.85. The van der Waals surface area contributed by atoms with Crippen molar-refractivity contribution >= 4 is 17.5 Å². The van der Waals surface area contributed by atoms with Crippen LogP contribution in [0, 0.1) is 0 Å². The molecule has 0 spiro atoms. The number of aromatic amines is 1. The predicted molar refractivity (Wildman–Crippen MR) is 85.9 cm³/mol. The maximum atomic E-state index is 12.3. The zero-order valence-electron chi connectivity index (χ0n) is 12.4. The van der Waals surface area contributed by atoms with Crippen LogP contribution in [0.4, 0.5) is 0 Å². The summed E-state index contributed by atoms with van der Waals surface area (Å²) in [4.78, 5) is 25.3. The lowest BCUT2D eigenvalue weighted by molar-refractivity contribution is 0.0595. The molecule has 1 aromatic heterocycles. The van der Waals surface area contributed by atoms with Crippen molar-refractivity contribution in [1.29, 1.82) is 0 Å². The lowest BCUT2D eigenvalue weighted by Gasteiger charge is -2.32. The Labute approximate surface area is 138 Å². The Morgan fingerprint density at radius 3 is 2.61 bits per heavy atom. The second kappa shape index (κ2) is 6.83. The molecule has 0 saturated carbocycles. The first kappa shape index (κ1) is 15.6. The highest BCUT2D eigenvalue weighted by molar-refractivity contribution is 6.30. The number of hydrogen-bond acceptors (Lipinski definition) is 4. The molecule has 23 heavy (non-hydrogen) atoms. The minimum absolute atomic E-state index is 0.0672. The van der Waals surface area contributed by atoms with E-state index in [1.807, 2.05) is 12.1 Å². The van der Waals surface area contributed by atoms with E-state index in [0.717, 1.165) is 18.6 Å². The van der Waals surface area contributed by atoms with Crippen molar-refractivity contribution in [2.24, 2.45) is 0 Å². The maximum Gasteiger partial charge on any atom is 0.264 e. The van der Waals surface area contributed by atoms with Gasteiger partial charge in [-0.1, -0.05) is 11.6 Å². The molecule has 1 amide bonds. The van der Waals surface area contributed by atoms with E-state index >= 15 is 0 Å². The number of carbonyl (C=O) groups excluding carboxylic acids is 1. The standard InChI is InChI=1S/C16H16ClN3O3/c17-12-1-3-13(4-2-12)23-14-5-7-20(8-6-14)16(22)11-9-15(21)19-18-10-11/h1-4,9-10,14H,5-8H2,(H,19,21). The van der Waals surface area contributed by atoms with Gasteiger partial charge in [0.1, 0.15) is 11.9 Å². The van der Waals surface area contributed by atoms with Crippen LogP contribution in [0.3, 0.4) is 0 Å². The number of ether oxygens (including phenoxy) is 1. The summed E-state index contributed by atoms with van der Waals surface area (Å²) in [5.74, 6) is 0.603. The van der Waals surface area contributed by atoms with Gasteiger partial charge in [0.2, 0.25) is 0 Å². The van der Waals surface area contributed by atoms with Crippen molar-refractivity contribution in [3.8, 4) is 5.75 Å². The highest BCUT2D eigenvalue weighted by atomic mass is 35.5. The number of halogens is 1. The molecule has 0 aliphatic carbocycles. The zero-order chi connectivity index (χ0) is 16.2. The Morgan fingerprint density at radius 2 is 1.96 bits per heavy atom. The van der Waals surface area contributed by atoms with Crippen molar-refractivity contribution < 1.29 is 9.53 Å². The molecule has 1 aliphatic heterocycles. The van der Waals surface area contributed by atoms with Gasteiger partial charge in [-0.3, -0.25) is 9.59 Å². The average molecular weight is 334 g/mol. The number of carbonyl (C=O) groups is 1. The number of hydrogen-bond donors (Lipinski definition) is 1. The van der Waals surface area contributed by atoms with E-state index in [0.29, 0.717) is 23.7 Å². The van der Waals surface area contributed by atoms with E-state index in [9.17, 15) is 9.59 Å². The number of aromatic nitrogens is 2. The van der Waals surface area contributed by atoms with Gasteiger partial charge in [-0.25, -0.2) is 5.10 Å². The van der Waals surface area contributed by atoms with Gasteiger partial charge in [0.25, 0.3) is 11.5 Å². The second-order valence-electron chi connectivity index (χ2n) is 5.40. The smallest absolute Gasteiger partial charge is 0.264 e. The van der Waals surface area contributed by atoms with Crippen LogP contribution in [0.25, 0.3) is 0 Å². The van der Waals surface area contributed by atoms with Gasteiger partial charge >= 0.3 is 0 Å². The minimum atomic E-state index is -0.378. The van der Waals surface area contributed by atoms with E-state index in [1.54, 1.807) is 17.0 Å². The number of piperidine rings is 1. The SMILES string of the molecule is O=C(c1cn[nH]c(=O)c1)N1CCC(Oc2ccc(Cl)cc2)CC1. The Morgan fingerprint density at radius 1 is 1.26 bits per heavy atom. The average Bonchev–Trinajstić information content (AvgIpc) is 2.57. The Kier molecular flexibility index (Phi) is 4.62. The monoisotopic (exact) mass is 333 g/mol. The van der Waals surface area contributed by atoms with Crippen LogP contribution in [0.1, 0.15) is 23.2 Å². The van der Waals surface area contributed by atoms with Crippen molar-refractivity contribution in [2.75, 3.05) is 13.1 Å². The quantitative estimate of drug-likeness (QED) is 0.933. The van der Waals surface area contributed by atoms with E-state index in [2.05, 4.69) is 10.2 Å². The second-order valence-corrected chi connectivity index (χ2v) is 5.83. The van der Waals surface area contributed by atoms with Crippen LogP contribution in [-0.2, 0) is 0 Å². The number of amides is 1. The van der Waals surface area contributed by atoms with Gasteiger partial charge in [0.15, 0.2) is 0 Å². The Balaban J connectivity index is 1.56. The molecule has 120 valence electrons. The number of H-pyrrole nitrogens is 1. The van der Waals surface area contributed by atoms with E-state index < -0.39 is 0 Å². The highest BCUT2D eigenvalue weighted by Gasteiger charge is 2.25. The predicted octanol–water partition coefficient (Wildman–Crippen LogP) is 2.11. The third-order valence-corrected chi connectivity index (χ3v) is 4.01. The van der Waals surface area contributed by atoms with Crippen LogP contribution < -0.4 is 10.3 Å². The highest BCUT2D eigenvalue weighted by Crippen LogP contribution is 2.21. The van der Waals surface area contributed by atoms with Crippen molar-refractivity contribution in [1.82, 2.24) is 15.1 Å². The number of rotatable bonds is 3. The van der Waals surface area contributed by atoms with Gasteiger partial charge in [-0.2, -0.15) is 5.10 Å². The van der Waals surface area contributed by atoms with Crippen molar-refractivity contribution in [2.45, 2.75) is 18.9 Å². The minimum Gasteiger partial charge on any atom is -0.490 e. The van der Waals surface area contributed by atoms with Gasteiger partial charge < -0.3 is 9.64 Å². The molecule has 0 atom stereocenters. The summed E-state index contributed by atoms with van der Waals surface area (Å²) < 4.78 is 5.90. The molecule has 1 aliphatic rings. The molecule has 1 saturated heterocycles. The molecular formula is C16H16ClN3O3. The molecule has 0 unspecified atom stereocenters. The normalized spacial score (nSPS) is 15.4. The first-order valence-corrected chi connectivity index (χ1v) is 7.76. The molecule has 7 heteroatoms. The van der Waals surface area contributed by atoms with Crippen LogP contribution in [0.5, 0.6) is 5.75 Å². The summed E-state index contributed by atoms with van der Waals surface area (Å²) in [5.41, 5.74) is -0.0670. The number of nitrogens with one attached hydrogen (secondary N) is 1. The molecule has 3 rings (SSSR count). The third kappa shape index (κ3) is 3.90. The molecule has 1 N–H and O–H groups in total. The molecule has 2 aromatic rings. The van der Waals surface area contributed by atoms with Crippen molar-refractivity contribution in [3.63, 3.8) is 0 Å². The zero-order valence-corrected chi connectivity index (χ0v) is 13.1. The van der Waals surface area contributed by atoms with E-state index in [4.69, 9.17) is 16.3 Å². The fraction of sp³-hybridized carbons (Fsp3) is 0.312. The fourth-order valence-corrected chi connectivity index (χ4v) is 2.68. The molecule has 1 fully saturated rings. The summed E-state index contributed by atoms with van der Waals surface area (Å²) in [7, 11) is 0. The molecule has 0 radical (unpaired) electrons. The van der Waals surface area contributed by atoms with Crippen LogP contribution in [0.2, 0.25) is 5.02 Å². The number of likely N-dealkylation sites (tertiary alicyclic amines) is 1. The summed E-state index contributed by atoms with van der Waals surface area (Å²) in [6.07, 6.45) is 2.92. The molecule has 2 heterocycles. The van der Waals surface area contributed by atoms with Crippen LogP contribution in [0.15, 0.2) is 41.3 Å². The fourth-order valence-electron chi connectivity index (χ4n) is 2.56. The molecule has 1 aromatic carbocycles. The van der Waals surface area contributed by atoms with Gasteiger partial charge in [0.05, 0.1) is 11.8 Å². The van der Waals surface area contributed by atoms with Crippen LogP contribution in [-0.4, -0.2) is 40.2 Å². The number of nitrogens with zero attached hydrogens (tertiary/aromatic N) is 2. The first-order valence-electron chi connectivity index (χ1n) is 7.38. The summed E-state index contributed by atoms with van der Waals surface area (Å²) in [5, 5.41) is 6.59. The first-order chi connectivity index (χ1) is 11.1. The van der Waals surface area contributed by atoms with Crippen molar-refractivity contribution in [3.05, 3.63) is 57.5 Å². The lowest BCUT2D eigenvalue weighted by Crippen LogP contribution is -2.42. The lowest BCUT2D eigenvalue weighted by atomic mass is 10.1. The van der Waals surface area contributed by atoms with Gasteiger partial charge in [-0.05, 0) is 24.3 Å². The van der Waals surface area contributed by atoms with Gasteiger partial charge in [-0.15, -0.1) is 0 Å². The molecule has 0 bridgehead atoms. The number of benzene rings is 1. The molecular weight excluding hydrogens is 318 g/mol. The van der Waals surface area contributed by atoms with Crippen LogP contribution >= 0.6 is 11.6 Å². The van der Waals surface area contributed by atoms with Gasteiger partial charge in [0, 0.05) is 37.0 Å². The topological polar surface area (TPSA) is 75.3 Å². The molecule has 6 nitrogen and oxygen atoms in total. The third-order valence-electron chi connectivity index (χ3n) is 3.76. The summed E-state index contributed by atoms with van der Waals surface area (Å²) in [6.45, 7) is 1.17. The Bertz CT molecular complexity index is 737. The largest absolute Gasteiger partial charge is 0.490 e. The van der Waals surface area contributed by atoms with E-state index in [-0.39, 0.29) is 17.6 Å². The maximum absolute atomic E-state index is 12.3.